The minimum Gasteiger partial charge on any atom is -0.326 e. The normalized spacial score (nSPS) is 15.5. The van der Waals surface area contributed by atoms with Crippen LogP contribution < -0.4 is 10.6 Å². The number of para-hydroxylation sites is 1. The van der Waals surface area contributed by atoms with E-state index < -0.39 is 0 Å². The van der Waals surface area contributed by atoms with Gasteiger partial charge in [0, 0.05) is 24.7 Å². The number of carbonyl (C=O) groups is 1. The molecule has 3 heteroatoms. The lowest BCUT2D eigenvalue weighted by atomic mass is 9.93. The summed E-state index contributed by atoms with van der Waals surface area (Å²) in [6.07, 6.45) is 4.40. The second-order valence-electron chi connectivity index (χ2n) is 4.25. The maximum Gasteiger partial charge on any atom is 0.225 e. The Bertz CT molecular complexity index is 333. The van der Waals surface area contributed by atoms with Crippen LogP contribution in [0, 0.1) is 0 Å². The van der Waals surface area contributed by atoms with E-state index in [-0.39, 0.29) is 5.91 Å². The van der Waals surface area contributed by atoms with Crippen molar-refractivity contribution in [3.05, 3.63) is 30.3 Å². The summed E-state index contributed by atoms with van der Waals surface area (Å²) in [6.45, 7) is 0.781. The lowest BCUT2D eigenvalue weighted by Crippen LogP contribution is -2.36. The molecular formula is C13H18N2O. The average Bonchev–Trinajstić information content (AvgIpc) is 2.23. The molecule has 2 rings (SSSR count). The summed E-state index contributed by atoms with van der Waals surface area (Å²) in [5, 5.41) is 6.25. The molecular weight excluding hydrogens is 200 g/mol. The van der Waals surface area contributed by atoms with E-state index in [1.807, 2.05) is 30.3 Å². The number of hydrogen-bond donors (Lipinski definition) is 2. The van der Waals surface area contributed by atoms with Crippen molar-refractivity contribution in [3.63, 3.8) is 0 Å². The van der Waals surface area contributed by atoms with E-state index in [1.165, 1.54) is 19.3 Å². The van der Waals surface area contributed by atoms with Crippen LogP contribution in [0.1, 0.15) is 25.7 Å². The number of anilines is 1. The summed E-state index contributed by atoms with van der Waals surface area (Å²) in [6, 6.07) is 10.2. The molecule has 1 aromatic carbocycles. The van der Waals surface area contributed by atoms with Gasteiger partial charge in [0.2, 0.25) is 5.91 Å². The molecule has 2 N–H and O–H groups in total. The second-order valence-corrected chi connectivity index (χ2v) is 4.25. The van der Waals surface area contributed by atoms with Gasteiger partial charge in [-0.3, -0.25) is 4.79 Å². The zero-order valence-electron chi connectivity index (χ0n) is 9.41. The monoisotopic (exact) mass is 218 g/mol. The molecule has 0 bridgehead atoms. The molecule has 3 nitrogen and oxygen atoms in total. The number of hydrogen-bond acceptors (Lipinski definition) is 2. The van der Waals surface area contributed by atoms with Crippen molar-refractivity contribution in [3.8, 4) is 0 Å². The second kappa shape index (κ2) is 5.66. The first-order valence-electron chi connectivity index (χ1n) is 5.93. The number of benzene rings is 1. The van der Waals surface area contributed by atoms with Crippen LogP contribution >= 0.6 is 0 Å². The number of nitrogens with one attached hydrogen (secondary N) is 2. The van der Waals surface area contributed by atoms with Crippen molar-refractivity contribution in [1.82, 2.24) is 5.32 Å². The molecule has 16 heavy (non-hydrogen) atoms. The maximum atomic E-state index is 11.5. The number of carbonyl (C=O) groups excluding carboxylic acids is 1. The Morgan fingerprint density at radius 2 is 2.00 bits per heavy atom. The Kier molecular flexibility index (Phi) is 3.94. The molecule has 1 aliphatic rings. The first-order chi connectivity index (χ1) is 7.84. The van der Waals surface area contributed by atoms with E-state index in [9.17, 15) is 4.79 Å². The zero-order chi connectivity index (χ0) is 11.2. The van der Waals surface area contributed by atoms with Gasteiger partial charge in [-0.15, -0.1) is 0 Å². The molecule has 0 heterocycles. The first-order valence-corrected chi connectivity index (χ1v) is 5.93. The SMILES string of the molecule is O=C(CCNC1CCC1)Nc1ccccc1. The lowest BCUT2D eigenvalue weighted by molar-refractivity contribution is -0.116. The summed E-state index contributed by atoms with van der Waals surface area (Å²) >= 11 is 0. The van der Waals surface area contributed by atoms with Gasteiger partial charge in [-0.05, 0) is 25.0 Å². The van der Waals surface area contributed by atoms with Crippen molar-refractivity contribution in [2.24, 2.45) is 0 Å². The molecule has 0 unspecified atom stereocenters. The lowest BCUT2D eigenvalue weighted by Gasteiger charge is -2.26. The van der Waals surface area contributed by atoms with Crippen molar-refractivity contribution >= 4 is 11.6 Å². The predicted molar refractivity (Wildman–Crippen MR) is 65.3 cm³/mol. The van der Waals surface area contributed by atoms with E-state index >= 15 is 0 Å². The Morgan fingerprint density at radius 1 is 1.25 bits per heavy atom. The maximum absolute atomic E-state index is 11.5. The molecule has 0 aromatic heterocycles. The van der Waals surface area contributed by atoms with Crippen LogP contribution in [-0.4, -0.2) is 18.5 Å². The average molecular weight is 218 g/mol. The Morgan fingerprint density at radius 3 is 2.62 bits per heavy atom. The number of amides is 1. The van der Waals surface area contributed by atoms with Crippen molar-refractivity contribution < 1.29 is 4.79 Å². The van der Waals surface area contributed by atoms with Crippen LogP contribution in [0.25, 0.3) is 0 Å². The minimum atomic E-state index is 0.0815. The van der Waals surface area contributed by atoms with E-state index in [0.29, 0.717) is 12.5 Å². The Labute approximate surface area is 96.2 Å². The molecule has 0 spiro atoms. The molecule has 0 saturated heterocycles. The first kappa shape index (κ1) is 11.1. The summed E-state index contributed by atoms with van der Waals surface area (Å²) < 4.78 is 0. The van der Waals surface area contributed by atoms with E-state index in [2.05, 4.69) is 10.6 Å². The van der Waals surface area contributed by atoms with Crippen molar-refractivity contribution in [1.29, 1.82) is 0 Å². The van der Waals surface area contributed by atoms with Crippen LogP contribution in [0.4, 0.5) is 5.69 Å². The predicted octanol–water partition coefficient (Wildman–Crippen LogP) is 2.16. The molecule has 1 saturated carbocycles. The highest BCUT2D eigenvalue weighted by Gasteiger charge is 2.16. The summed E-state index contributed by atoms with van der Waals surface area (Å²) in [5.41, 5.74) is 0.871. The molecule has 0 aliphatic heterocycles. The van der Waals surface area contributed by atoms with Crippen LogP contribution in [0.15, 0.2) is 30.3 Å². The van der Waals surface area contributed by atoms with Gasteiger partial charge in [0.1, 0.15) is 0 Å². The Balaban J connectivity index is 1.64. The van der Waals surface area contributed by atoms with Crippen LogP contribution in [-0.2, 0) is 4.79 Å². The molecule has 1 aromatic rings. The summed E-state index contributed by atoms with van der Waals surface area (Å²) in [4.78, 5) is 11.5. The van der Waals surface area contributed by atoms with Gasteiger partial charge in [0.25, 0.3) is 0 Å². The quantitative estimate of drug-likeness (QED) is 0.795. The topological polar surface area (TPSA) is 41.1 Å². The van der Waals surface area contributed by atoms with Crippen molar-refractivity contribution in [2.75, 3.05) is 11.9 Å². The zero-order valence-corrected chi connectivity index (χ0v) is 9.41. The largest absolute Gasteiger partial charge is 0.326 e. The van der Waals surface area contributed by atoms with Gasteiger partial charge in [0.15, 0.2) is 0 Å². The molecule has 1 amide bonds. The highest BCUT2D eigenvalue weighted by atomic mass is 16.1. The smallest absolute Gasteiger partial charge is 0.225 e. The highest BCUT2D eigenvalue weighted by Crippen LogP contribution is 2.17. The molecule has 0 atom stereocenters. The third-order valence-electron chi connectivity index (χ3n) is 2.95. The van der Waals surface area contributed by atoms with Crippen LogP contribution in [0.2, 0.25) is 0 Å². The summed E-state index contributed by atoms with van der Waals surface area (Å²) in [5.74, 6) is 0.0815. The van der Waals surface area contributed by atoms with Gasteiger partial charge < -0.3 is 10.6 Å². The summed E-state index contributed by atoms with van der Waals surface area (Å²) in [7, 11) is 0. The van der Waals surface area contributed by atoms with E-state index in [4.69, 9.17) is 0 Å². The number of rotatable bonds is 5. The fourth-order valence-electron chi connectivity index (χ4n) is 1.75. The van der Waals surface area contributed by atoms with Crippen LogP contribution in [0.5, 0.6) is 0 Å². The highest BCUT2D eigenvalue weighted by molar-refractivity contribution is 5.90. The third kappa shape index (κ3) is 3.35. The Hall–Kier alpha value is -1.35. The van der Waals surface area contributed by atoms with Gasteiger partial charge in [0.05, 0.1) is 0 Å². The molecule has 1 fully saturated rings. The molecule has 0 radical (unpaired) electrons. The van der Waals surface area contributed by atoms with Gasteiger partial charge in [-0.1, -0.05) is 24.6 Å². The fraction of sp³-hybridized carbons (Fsp3) is 0.462. The standard InChI is InChI=1S/C13H18N2O/c16-13(9-10-14-11-7-4-8-11)15-12-5-2-1-3-6-12/h1-3,5-6,11,14H,4,7-10H2,(H,15,16). The molecule has 1 aliphatic carbocycles. The van der Waals surface area contributed by atoms with E-state index in [0.717, 1.165) is 12.2 Å². The molecule has 86 valence electrons. The third-order valence-corrected chi connectivity index (χ3v) is 2.95. The van der Waals surface area contributed by atoms with Crippen molar-refractivity contribution in [2.45, 2.75) is 31.7 Å². The van der Waals surface area contributed by atoms with Crippen LogP contribution in [0.3, 0.4) is 0 Å². The minimum absolute atomic E-state index is 0.0815. The van der Waals surface area contributed by atoms with Gasteiger partial charge in [-0.2, -0.15) is 0 Å². The van der Waals surface area contributed by atoms with E-state index in [1.54, 1.807) is 0 Å². The van der Waals surface area contributed by atoms with Gasteiger partial charge >= 0.3 is 0 Å². The van der Waals surface area contributed by atoms with Gasteiger partial charge in [-0.25, -0.2) is 0 Å². The fourth-order valence-corrected chi connectivity index (χ4v) is 1.75.